The standard InChI is InChI=1S/C14H3F4I3O4/c15-8-6(13(22)23)9(16)11(18)7(10(8)17)14(24)25-12-4(20)1-3(19)2-5(12)21/h1-2H,(H,22,23). The molecule has 1 N–H and O–H groups in total. The maximum absolute atomic E-state index is 13.9. The number of ether oxygens (including phenoxy) is 1. The van der Waals surface area contributed by atoms with E-state index in [9.17, 15) is 27.2 Å². The van der Waals surface area contributed by atoms with Crippen molar-refractivity contribution in [2.75, 3.05) is 0 Å². The third kappa shape index (κ3) is 4.01. The molecule has 0 aliphatic rings. The van der Waals surface area contributed by atoms with Crippen LogP contribution < -0.4 is 4.74 Å². The second-order valence-corrected chi connectivity index (χ2v) is 7.97. The number of esters is 1. The van der Waals surface area contributed by atoms with Gasteiger partial charge in [0.05, 0.1) is 7.14 Å². The van der Waals surface area contributed by atoms with E-state index in [0.717, 1.165) is 3.57 Å². The molecule has 0 bridgehead atoms. The highest BCUT2D eigenvalue weighted by Crippen LogP contribution is 2.31. The highest BCUT2D eigenvalue weighted by Gasteiger charge is 2.33. The number of hydrogen-bond donors (Lipinski definition) is 1. The Balaban J connectivity index is 2.57. The molecule has 0 spiro atoms. The van der Waals surface area contributed by atoms with Crippen LogP contribution in [0.25, 0.3) is 0 Å². The van der Waals surface area contributed by atoms with Gasteiger partial charge in [-0.25, -0.2) is 27.2 Å². The molecule has 0 aromatic heterocycles. The maximum Gasteiger partial charge on any atom is 0.349 e. The average Bonchev–Trinajstić information content (AvgIpc) is 2.49. The van der Waals surface area contributed by atoms with Crippen LogP contribution in [0.1, 0.15) is 20.7 Å². The summed E-state index contributed by atoms with van der Waals surface area (Å²) in [5.74, 6) is -12.6. The lowest BCUT2D eigenvalue weighted by Gasteiger charge is -2.12. The van der Waals surface area contributed by atoms with E-state index in [2.05, 4.69) is 0 Å². The zero-order chi connectivity index (χ0) is 19.0. The molecule has 2 aromatic carbocycles. The molecule has 0 saturated carbocycles. The molecule has 0 aliphatic heterocycles. The van der Waals surface area contributed by atoms with Crippen LogP contribution in [0.5, 0.6) is 5.75 Å². The van der Waals surface area contributed by atoms with Crippen molar-refractivity contribution < 1.29 is 37.0 Å². The molecule has 132 valence electrons. The van der Waals surface area contributed by atoms with Crippen LogP contribution >= 0.6 is 67.8 Å². The van der Waals surface area contributed by atoms with Gasteiger partial charge in [-0.15, -0.1) is 0 Å². The fraction of sp³-hybridized carbons (Fsp3) is 0. The van der Waals surface area contributed by atoms with Gasteiger partial charge in [-0.1, -0.05) is 0 Å². The van der Waals surface area contributed by atoms with E-state index in [-0.39, 0.29) is 5.75 Å². The summed E-state index contributed by atoms with van der Waals surface area (Å²) >= 11 is 5.61. The van der Waals surface area contributed by atoms with Gasteiger partial charge in [0.2, 0.25) is 0 Å². The Hall–Kier alpha value is -0.710. The Kier molecular flexibility index (Phi) is 6.50. The van der Waals surface area contributed by atoms with Crippen LogP contribution in [-0.4, -0.2) is 17.0 Å². The molecular weight excluding hydrogens is 689 g/mol. The van der Waals surface area contributed by atoms with Crippen LogP contribution in [0.4, 0.5) is 17.6 Å². The number of halogens is 7. The summed E-state index contributed by atoms with van der Waals surface area (Å²) in [5.41, 5.74) is -3.48. The first-order valence-electron chi connectivity index (χ1n) is 6.02. The zero-order valence-electron chi connectivity index (χ0n) is 11.5. The quantitative estimate of drug-likeness (QED) is 0.162. The smallest absolute Gasteiger partial charge is 0.349 e. The van der Waals surface area contributed by atoms with Gasteiger partial charge in [0.15, 0.2) is 29.0 Å². The largest absolute Gasteiger partial charge is 0.477 e. The molecular formula is C14H3F4I3O4. The van der Waals surface area contributed by atoms with Crippen LogP contribution in [0.3, 0.4) is 0 Å². The normalized spacial score (nSPS) is 10.7. The Bertz CT molecular complexity index is 865. The zero-order valence-corrected chi connectivity index (χ0v) is 17.9. The predicted octanol–water partition coefficient (Wildman–Crippen LogP) is 4.97. The summed E-state index contributed by atoms with van der Waals surface area (Å²) in [7, 11) is 0. The summed E-state index contributed by atoms with van der Waals surface area (Å²) in [5, 5.41) is 8.63. The highest BCUT2D eigenvalue weighted by atomic mass is 127. The lowest BCUT2D eigenvalue weighted by atomic mass is 10.1. The minimum Gasteiger partial charge on any atom is -0.477 e. The van der Waals surface area contributed by atoms with Crippen LogP contribution in [0.15, 0.2) is 12.1 Å². The molecule has 25 heavy (non-hydrogen) atoms. The fourth-order valence-electron chi connectivity index (χ4n) is 1.77. The first kappa shape index (κ1) is 20.6. The van der Waals surface area contributed by atoms with Crippen LogP contribution in [-0.2, 0) is 0 Å². The van der Waals surface area contributed by atoms with E-state index in [1.165, 1.54) is 0 Å². The van der Waals surface area contributed by atoms with Crippen LogP contribution in [0, 0.1) is 34.0 Å². The van der Waals surface area contributed by atoms with Gasteiger partial charge in [0, 0.05) is 3.57 Å². The summed E-state index contributed by atoms with van der Waals surface area (Å²) in [6.45, 7) is 0. The molecule has 0 saturated heterocycles. The van der Waals surface area contributed by atoms with Gasteiger partial charge in [0.1, 0.15) is 11.1 Å². The van der Waals surface area contributed by atoms with E-state index in [4.69, 9.17) is 9.84 Å². The van der Waals surface area contributed by atoms with Crippen LogP contribution in [0.2, 0.25) is 0 Å². The third-order valence-corrected chi connectivity index (χ3v) is 5.06. The number of hydrogen-bond acceptors (Lipinski definition) is 3. The topological polar surface area (TPSA) is 63.6 Å². The Morgan fingerprint density at radius 1 is 0.840 bits per heavy atom. The molecule has 2 rings (SSSR count). The number of benzene rings is 2. The number of carbonyl (C=O) groups is 2. The van der Waals surface area contributed by atoms with Gasteiger partial charge in [-0.3, -0.25) is 0 Å². The van der Waals surface area contributed by atoms with Gasteiger partial charge in [-0.05, 0) is 79.9 Å². The fourth-order valence-corrected chi connectivity index (χ4v) is 5.57. The van der Waals surface area contributed by atoms with Crippen molar-refractivity contribution in [3.8, 4) is 5.75 Å². The maximum atomic E-state index is 13.9. The Labute approximate surface area is 178 Å². The van der Waals surface area contributed by atoms with Gasteiger partial charge in [-0.2, -0.15) is 0 Å². The lowest BCUT2D eigenvalue weighted by molar-refractivity contribution is 0.0671. The lowest BCUT2D eigenvalue weighted by Crippen LogP contribution is -2.20. The van der Waals surface area contributed by atoms with Gasteiger partial charge in [0.25, 0.3) is 0 Å². The van der Waals surface area contributed by atoms with Gasteiger partial charge >= 0.3 is 11.9 Å². The van der Waals surface area contributed by atoms with Crippen molar-refractivity contribution >= 4 is 79.7 Å². The first-order valence-corrected chi connectivity index (χ1v) is 9.25. The molecule has 0 amide bonds. The van der Waals surface area contributed by atoms with Crippen molar-refractivity contribution in [1.82, 2.24) is 0 Å². The molecule has 0 atom stereocenters. The van der Waals surface area contributed by atoms with Crippen molar-refractivity contribution in [2.45, 2.75) is 0 Å². The summed E-state index contributed by atoms with van der Waals surface area (Å²) in [6.07, 6.45) is 0. The number of rotatable bonds is 3. The van der Waals surface area contributed by atoms with Crippen molar-refractivity contribution in [3.63, 3.8) is 0 Å². The molecule has 0 radical (unpaired) electrons. The Morgan fingerprint density at radius 3 is 1.64 bits per heavy atom. The van der Waals surface area contributed by atoms with E-state index in [1.54, 1.807) is 12.1 Å². The second-order valence-electron chi connectivity index (χ2n) is 4.40. The number of carboxylic acids is 1. The summed E-state index contributed by atoms with van der Waals surface area (Å²) in [6, 6.07) is 3.21. The summed E-state index contributed by atoms with van der Waals surface area (Å²) in [4.78, 5) is 22.7. The summed E-state index contributed by atoms with van der Waals surface area (Å²) < 4.78 is 61.8. The van der Waals surface area contributed by atoms with E-state index in [0.29, 0.717) is 7.14 Å². The molecule has 2 aromatic rings. The number of aromatic carboxylic acids is 1. The molecule has 11 heteroatoms. The predicted molar refractivity (Wildman–Crippen MR) is 103 cm³/mol. The molecule has 0 heterocycles. The van der Waals surface area contributed by atoms with Crippen molar-refractivity contribution in [2.24, 2.45) is 0 Å². The van der Waals surface area contributed by atoms with Crippen molar-refractivity contribution in [3.05, 3.63) is 57.2 Å². The molecule has 0 aliphatic carbocycles. The van der Waals surface area contributed by atoms with E-state index < -0.39 is 46.3 Å². The highest BCUT2D eigenvalue weighted by molar-refractivity contribution is 14.1. The molecule has 0 unspecified atom stereocenters. The number of carboxylic acid groups (broad SMARTS) is 1. The minimum atomic E-state index is -2.21. The average molecular weight is 692 g/mol. The third-order valence-electron chi connectivity index (χ3n) is 2.84. The van der Waals surface area contributed by atoms with Gasteiger partial charge < -0.3 is 9.84 Å². The first-order chi connectivity index (χ1) is 11.6. The van der Waals surface area contributed by atoms with E-state index in [1.807, 2.05) is 67.8 Å². The van der Waals surface area contributed by atoms with E-state index >= 15 is 0 Å². The molecule has 4 nitrogen and oxygen atoms in total. The van der Waals surface area contributed by atoms with Crippen molar-refractivity contribution in [1.29, 1.82) is 0 Å². The SMILES string of the molecule is O=C(O)c1c(F)c(F)c(C(=O)Oc2c(I)cc(I)cc2I)c(F)c1F. The second kappa shape index (κ2) is 7.89. The molecule has 0 fully saturated rings. The number of carbonyl (C=O) groups excluding carboxylic acids is 1. The monoisotopic (exact) mass is 692 g/mol. The Morgan fingerprint density at radius 2 is 1.24 bits per heavy atom. The minimum absolute atomic E-state index is 0.0476.